The van der Waals surface area contributed by atoms with Crippen molar-refractivity contribution in [3.63, 3.8) is 0 Å². The first-order valence-corrected chi connectivity index (χ1v) is 7.07. The Morgan fingerprint density at radius 1 is 1.05 bits per heavy atom. The van der Waals surface area contributed by atoms with Gasteiger partial charge in [-0.2, -0.15) is 0 Å². The van der Waals surface area contributed by atoms with Crippen LogP contribution in [0.1, 0.15) is 16.7 Å². The number of hydrogen-bond acceptors (Lipinski definition) is 3. The molecule has 3 nitrogen and oxygen atoms in total. The van der Waals surface area contributed by atoms with Crippen molar-refractivity contribution in [1.29, 1.82) is 0 Å². The molecule has 96 valence electrons. The average Bonchev–Trinajstić information content (AvgIpc) is 2.72. The molecular weight excluding hydrogens is 254 g/mol. The first-order valence-electron chi connectivity index (χ1n) is 6.25. The van der Waals surface area contributed by atoms with Crippen LogP contribution in [0.2, 0.25) is 0 Å². The van der Waals surface area contributed by atoms with Gasteiger partial charge in [-0.15, -0.1) is 0 Å². The lowest BCUT2D eigenvalue weighted by atomic mass is 10.0. The van der Waals surface area contributed by atoms with Crippen molar-refractivity contribution in [3.8, 4) is 10.6 Å². The Hall–Kier alpha value is -1.81. The van der Waals surface area contributed by atoms with Gasteiger partial charge < -0.3 is 0 Å². The highest BCUT2D eigenvalue weighted by molar-refractivity contribution is 7.20. The lowest BCUT2D eigenvalue weighted by Crippen LogP contribution is -2.29. The van der Waals surface area contributed by atoms with E-state index in [0.29, 0.717) is 0 Å². The molecule has 3 aromatic rings. The minimum atomic E-state index is 0.945. The van der Waals surface area contributed by atoms with Gasteiger partial charge in [0.25, 0.3) is 0 Å². The van der Waals surface area contributed by atoms with E-state index in [2.05, 4.69) is 54.5 Å². The number of hydrogen-bond donors (Lipinski definition) is 0. The van der Waals surface area contributed by atoms with Gasteiger partial charge in [-0.25, -0.2) is 9.55 Å². The Morgan fingerprint density at radius 2 is 1.79 bits per heavy atom. The summed E-state index contributed by atoms with van der Waals surface area (Å²) < 4.78 is 2.13. The molecule has 3 rings (SSSR count). The van der Waals surface area contributed by atoms with Crippen LogP contribution in [-0.4, -0.2) is 9.97 Å². The van der Waals surface area contributed by atoms with Crippen molar-refractivity contribution in [1.82, 2.24) is 9.97 Å². The standard InChI is InChI=1S/C15H16N3S/c1-9-7-10(2)11(3)12(8-9)15-18(4)13-14(19-15)17-6-5-16-13/h5-8H,1-4H3/q+1. The summed E-state index contributed by atoms with van der Waals surface area (Å²) in [5.41, 5.74) is 6.17. The molecule has 2 heterocycles. The van der Waals surface area contributed by atoms with Crippen molar-refractivity contribution >= 4 is 21.8 Å². The molecule has 1 aromatic carbocycles. The number of rotatable bonds is 1. The molecular formula is C15H16N3S+. The molecule has 0 amide bonds. The first-order chi connectivity index (χ1) is 9.08. The van der Waals surface area contributed by atoms with Gasteiger partial charge in [0.1, 0.15) is 0 Å². The normalized spacial score (nSPS) is 11.2. The topological polar surface area (TPSA) is 29.7 Å². The molecule has 0 aliphatic heterocycles. The number of fused-ring (bicyclic) bond motifs is 1. The molecule has 19 heavy (non-hydrogen) atoms. The Morgan fingerprint density at radius 3 is 2.53 bits per heavy atom. The van der Waals surface area contributed by atoms with E-state index in [1.54, 1.807) is 23.7 Å². The number of aromatic nitrogens is 3. The third kappa shape index (κ3) is 1.92. The van der Waals surface area contributed by atoms with Crippen LogP contribution in [0.25, 0.3) is 21.0 Å². The predicted octanol–water partition coefficient (Wildman–Crippen LogP) is 3.11. The zero-order chi connectivity index (χ0) is 13.6. The quantitative estimate of drug-likeness (QED) is 0.636. The fourth-order valence-corrected chi connectivity index (χ4v) is 3.50. The van der Waals surface area contributed by atoms with Crippen LogP contribution in [0.5, 0.6) is 0 Å². The molecule has 2 aromatic heterocycles. The van der Waals surface area contributed by atoms with Gasteiger partial charge in [0.05, 0.1) is 13.2 Å². The highest BCUT2D eigenvalue weighted by Gasteiger charge is 2.20. The van der Waals surface area contributed by atoms with Crippen molar-refractivity contribution in [3.05, 3.63) is 41.2 Å². The summed E-state index contributed by atoms with van der Waals surface area (Å²) in [5, 5.41) is 1.21. The zero-order valence-corrected chi connectivity index (χ0v) is 12.4. The number of benzene rings is 1. The van der Waals surface area contributed by atoms with Gasteiger partial charge in [0, 0.05) is 5.56 Å². The lowest BCUT2D eigenvalue weighted by molar-refractivity contribution is -0.631. The minimum absolute atomic E-state index is 0.945. The number of nitrogens with zero attached hydrogens (tertiary/aromatic N) is 3. The monoisotopic (exact) mass is 270 g/mol. The van der Waals surface area contributed by atoms with E-state index >= 15 is 0 Å². The van der Waals surface area contributed by atoms with E-state index < -0.39 is 0 Å². The van der Waals surface area contributed by atoms with E-state index in [1.165, 1.54) is 27.3 Å². The smallest absolute Gasteiger partial charge is 0.234 e. The predicted molar refractivity (Wildman–Crippen MR) is 78.2 cm³/mol. The Labute approximate surface area is 116 Å². The van der Waals surface area contributed by atoms with Gasteiger partial charge in [0.15, 0.2) is 11.2 Å². The van der Waals surface area contributed by atoms with Crippen LogP contribution in [0.4, 0.5) is 0 Å². The Kier molecular flexibility index (Phi) is 2.82. The summed E-state index contributed by atoms with van der Waals surface area (Å²) in [4.78, 5) is 9.79. The van der Waals surface area contributed by atoms with Gasteiger partial charge in [-0.05, 0) is 42.9 Å². The SMILES string of the molecule is Cc1cc(C)c(C)c(-c2sc3nccnc3[n+]2C)c1. The van der Waals surface area contributed by atoms with E-state index in [9.17, 15) is 0 Å². The van der Waals surface area contributed by atoms with Crippen molar-refractivity contribution in [2.75, 3.05) is 0 Å². The highest BCUT2D eigenvalue weighted by Crippen LogP contribution is 2.30. The molecule has 0 unspecified atom stereocenters. The third-order valence-electron chi connectivity index (χ3n) is 3.50. The summed E-state index contributed by atoms with van der Waals surface area (Å²) in [5.74, 6) is 0. The van der Waals surface area contributed by atoms with Gasteiger partial charge in [-0.3, -0.25) is 0 Å². The average molecular weight is 270 g/mol. The molecule has 0 saturated carbocycles. The molecule has 4 heteroatoms. The zero-order valence-electron chi connectivity index (χ0n) is 11.6. The summed E-state index contributed by atoms with van der Waals surface area (Å²) in [6.45, 7) is 6.48. The number of aryl methyl sites for hydroxylation is 3. The Balaban J connectivity index is 2.33. The van der Waals surface area contributed by atoms with Crippen LogP contribution in [0, 0.1) is 20.8 Å². The summed E-state index contributed by atoms with van der Waals surface area (Å²) in [6, 6.07) is 4.47. The second-order valence-electron chi connectivity index (χ2n) is 4.91. The van der Waals surface area contributed by atoms with Crippen LogP contribution >= 0.6 is 11.3 Å². The first kappa shape index (κ1) is 12.2. The second kappa shape index (κ2) is 4.38. The van der Waals surface area contributed by atoms with Crippen molar-refractivity contribution in [2.45, 2.75) is 20.8 Å². The summed E-state index contributed by atoms with van der Waals surface area (Å²) >= 11 is 1.70. The minimum Gasteiger partial charge on any atom is -0.234 e. The summed E-state index contributed by atoms with van der Waals surface area (Å²) in [6.07, 6.45) is 3.49. The molecule has 0 aliphatic rings. The molecule has 0 aliphatic carbocycles. The molecule has 0 atom stereocenters. The maximum absolute atomic E-state index is 4.41. The van der Waals surface area contributed by atoms with E-state index in [1.807, 2.05) is 0 Å². The maximum Gasteiger partial charge on any atom is 0.360 e. The van der Waals surface area contributed by atoms with E-state index in [-0.39, 0.29) is 0 Å². The lowest BCUT2D eigenvalue weighted by Gasteiger charge is -2.08. The van der Waals surface area contributed by atoms with Crippen LogP contribution < -0.4 is 4.57 Å². The van der Waals surface area contributed by atoms with E-state index in [4.69, 9.17) is 0 Å². The van der Waals surface area contributed by atoms with Gasteiger partial charge in [0.2, 0.25) is 4.83 Å². The van der Waals surface area contributed by atoms with Crippen LogP contribution in [-0.2, 0) is 7.05 Å². The highest BCUT2D eigenvalue weighted by atomic mass is 32.1. The second-order valence-corrected chi connectivity index (χ2v) is 5.88. The van der Waals surface area contributed by atoms with E-state index in [0.717, 1.165) is 10.5 Å². The summed E-state index contributed by atoms with van der Waals surface area (Å²) in [7, 11) is 2.06. The van der Waals surface area contributed by atoms with Crippen molar-refractivity contribution in [2.24, 2.45) is 7.05 Å². The molecule has 0 spiro atoms. The Bertz CT molecular complexity index is 774. The van der Waals surface area contributed by atoms with Crippen molar-refractivity contribution < 1.29 is 4.57 Å². The molecule has 0 fully saturated rings. The maximum atomic E-state index is 4.41. The molecule has 0 bridgehead atoms. The molecule has 0 radical (unpaired) electrons. The van der Waals surface area contributed by atoms with Gasteiger partial charge >= 0.3 is 5.65 Å². The number of thiazole rings is 1. The van der Waals surface area contributed by atoms with Crippen LogP contribution in [0.3, 0.4) is 0 Å². The fraction of sp³-hybridized carbons (Fsp3) is 0.267. The molecule has 0 N–H and O–H groups in total. The van der Waals surface area contributed by atoms with Crippen LogP contribution in [0.15, 0.2) is 24.5 Å². The molecule has 0 saturated heterocycles. The van der Waals surface area contributed by atoms with Gasteiger partial charge in [-0.1, -0.05) is 23.0 Å². The third-order valence-corrected chi connectivity index (χ3v) is 4.67. The fourth-order valence-electron chi connectivity index (χ4n) is 2.37. The largest absolute Gasteiger partial charge is 0.360 e.